The van der Waals surface area contributed by atoms with Crippen LogP contribution < -0.4 is 5.32 Å². The van der Waals surface area contributed by atoms with Crippen LogP contribution in [0.15, 0.2) is 18.2 Å². The van der Waals surface area contributed by atoms with Gasteiger partial charge in [-0.3, -0.25) is 0 Å². The maximum absolute atomic E-state index is 13.1. The first kappa shape index (κ1) is 7.68. The van der Waals surface area contributed by atoms with Crippen molar-refractivity contribution in [3.05, 3.63) is 35.4 Å². The molecule has 1 aliphatic heterocycles. The highest BCUT2D eigenvalue weighted by molar-refractivity contribution is 5.31. The summed E-state index contributed by atoms with van der Waals surface area (Å²) in [7, 11) is 0. The minimum atomic E-state index is -0.388. The summed E-state index contributed by atoms with van der Waals surface area (Å²) < 4.78 is 25.8. The zero-order chi connectivity index (χ0) is 8.77. The van der Waals surface area contributed by atoms with Crippen molar-refractivity contribution < 1.29 is 8.78 Å². The molecular formula is C9H9F2N. The third-order valence-corrected chi connectivity index (χ3v) is 2.23. The van der Waals surface area contributed by atoms with E-state index in [4.69, 9.17) is 0 Å². The van der Waals surface area contributed by atoms with E-state index >= 15 is 0 Å². The Morgan fingerprint density at radius 1 is 1.42 bits per heavy atom. The van der Waals surface area contributed by atoms with E-state index in [9.17, 15) is 8.78 Å². The van der Waals surface area contributed by atoms with Gasteiger partial charge in [0.25, 0.3) is 0 Å². The topological polar surface area (TPSA) is 21.9 Å². The molecule has 0 aromatic heterocycles. The molecule has 2 rings (SSSR count). The van der Waals surface area contributed by atoms with Crippen LogP contribution in [-0.4, -0.2) is 6.54 Å². The van der Waals surface area contributed by atoms with Gasteiger partial charge in [0, 0.05) is 12.1 Å². The molecule has 1 heterocycles. The van der Waals surface area contributed by atoms with Crippen molar-refractivity contribution in [3.63, 3.8) is 0 Å². The first-order valence-electron chi connectivity index (χ1n) is 3.82. The van der Waals surface area contributed by atoms with Crippen molar-refractivity contribution in [1.82, 2.24) is 5.32 Å². The first-order chi connectivity index (χ1) is 5.62. The van der Waals surface area contributed by atoms with E-state index < -0.39 is 0 Å². The van der Waals surface area contributed by atoms with Crippen LogP contribution in [0.5, 0.6) is 0 Å². The van der Waals surface area contributed by atoms with Crippen molar-refractivity contribution in [2.75, 3.05) is 6.54 Å². The highest BCUT2D eigenvalue weighted by atomic mass is 19.1. The predicted octanol–water partition coefficient (Wildman–Crippen LogP) is 1.78. The molecule has 3 heteroatoms. The van der Waals surface area contributed by atoms with E-state index in [2.05, 4.69) is 5.32 Å². The van der Waals surface area contributed by atoms with E-state index in [1.165, 1.54) is 6.07 Å². The van der Waals surface area contributed by atoms with Gasteiger partial charge in [-0.05, 0) is 25.1 Å². The zero-order valence-corrected chi connectivity index (χ0v) is 6.70. The molecule has 1 N–H and O–H groups in total. The number of nitrogens with one attached hydrogen (secondary N) is 1. The summed E-state index contributed by atoms with van der Waals surface area (Å²) >= 11 is 0. The molecule has 1 fully saturated rings. The van der Waals surface area contributed by atoms with Gasteiger partial charge >= 0.3 is 0 Å². The third-order valence-electron chi connectivity index (χ3n) is 2.23. The number of rotatable bonds is 1. The molecule has 1 atom stereocenters. The van der Waals surface area contributed by atoms with Crippen LogP contribution in [0.3, 0.4) is 0 Å². The standard InChI is InChI=1S/C9H9F2N/c1-9(5-12-9)7-4-6(10)2-3-8(7)11/h2-4,12H,5H2,1H3. The predicted molar refractivity (Wildman–Crippen MR) is 41.7 cm³/mol. The van der Waals surface area contributed by atoms with Gasteiger partial charge in [0.1, 0.15) is 11.6 Å². The Labute approximate surface area is 69.4 Å². The molecule has 1 unspecified atom stereocenters. The fourth-order valence-electron chi connectivity index (χ4n) is 1.24. The normalized spacial score (nSPS) is 27.2. The maximum Gasteiger partial charge on any atom is 0.128 e. The fraction of sp³-hybridized carbons (Fsp3) is 0.333. The van der Waals surface area contributed by atoms with E-state index in [1.807, 2.05) is 6.92 Å². The lowest BCUT2D eigenvalue weighted by Gasteiger charge is -2.07. The summed E-state index contributed by atoms with van der Waals surface area (Å²) in [6.07, 6.45) is 0. The minimum absolute atomic E-state index is 0.341. The Bertz CT molecular complexity index is 318. The van der Waals surface area contributed by atoms with Gasteiger partial charge in [0.15, 0.2) is 0 Å². The van der Waals surface area contributed by atoms with Crippen LogP contribution in [0.1, 0.15) is 12.5 Å². The molecule has 12 heavy (non-hydrogen) atoms. The zero-order valence-electron chi connectivity index (χ0n) is 6.70. The SMILES string of the molecule is CC1(c2cc(F)ccc2F)CN1. The summed E-state index contributed by atoms with van der Waals surface area (Å²) in [5.41, 5.74) is 0.0779. The van der Waals surface area contributed by atoms with E-state index in [0.717, 1.165) is 12.1 Å². The Morgan fingerprint density at radius 3 is 2.67 bits per heavy atom. The Balaban J connectivity index is 2.48. The summed E-state index contributed by atoms with van der Waals surface area (Å²) in [5, 5.41) is 2.99. The second kappa shape index (κ2) is 2.26. The summed E-state index contributed by atoms with van der Waals surface area (Å²) in [5.74, 6) is -0.731. The van der Waals surface area contributed by atoms with Gasteiger partial charge in [-0.2, -0.15) is 0 Å². The van der Waals surface area contributed by atoms with Crippen LogP contribution >= 0.6 is 0 Å². The molecule has 1 saturated heterocycles. The van der Waals surface area contributed by atoms with Gasteiger partial charge in [-0.1, -0.05) is 0 Å². The molecule has 0 aliphatic carbocycles. The van der Waals surface area contributed by atoms with E-state index in [0.29, 0.717) is 12.1 Å². The van der Waals surface area contributed by atoms with Crippen molar-refractivity contribution >= 4 is 0 Å². The maximum atomic E-state index is 13.1. The quantitative estimate of drug-likeness (QED) is 0.636. The molecule has 0 bridgehead atoms. The Kier molecular flexibility index (Phi) is 1.45. The molecule has 1 nitrogen and oxygen atoms in total. The number of halogens is 2. The molecule has 1 aliphatic rings. The largest absolute Gasteiger partial charge is 0.304 e. The second-order valence-electron chi connectivity index (χ2n) is 3.31. The number of hydrogen-bond donors (Lipinski definition) is 1. The molecule has 0 saturated carbocycles. The lowest BCUT2D eigenvalue weighted by molar-refractivity contribution is 0.562. The van der Waals surface area contributed by atoms with Gasteiger partial charge in [0.05, 0.1) is 5.54 Å². The molecule has 0 radical (unpaired) electrons. The van der Waals surface area contributed by atoms with Crippen LogP contribution in [0.2, 0.25) is 0 Å². The van der Waals surface area contributed by atoms with E-state index in [-0.39, 0.29) is 17.2 Å². The highest BCUT2D eigenvalue weighted by Gasteiger charge is 2.40. The molecule has 0 amide bonds. The number of benzene rings is 1. The van der Waals surface area contributed by atoms with Crippen LogP contribution in [-0.2, 0) is 5.54 Å². The van der Waals surface area contributed by atoms with Crippen molar-refractivity contribution in [3.8, 4) is 0 Å². The lowest BCUT2D eigenvalue weighted by atomic mass is 10.0. The smallest absolute Gasteiger partial charge is 0.128 e. The number of hydrogen-bond acceptors (Lipinski definition) is 1. The Hall–Kier alpha value is -0.960. The summed E-state index contributed by atoms with van der Waals surface area (Å²) in [4.78, 5) is 0. The van der Waals surface area contributed by atoms with Crippen LogP contribution in [0.25, 0.3) is 0 Å². The van der Waals surface area contributed by atoms with Crippen molar-refractivity contribution in [2.45, 2.75) is 12.5 Å². The summed E-state index contributed by atoms with van der Waals surface area (Å²) in [6.45, 7) is 2.57. The minimum Gasteiger partial charge on any atom is -0.304 e. The molecule has 64 valence electrons. The van der Waals surface area contributed by atoms with Crippen molar-refractivity contribution in [1.29, 1.82) is 0 Å². The highest BCUT2D eigenvalue weighted by Crippen LogP contribution is 2.31. The third kappa shape index (κ3) is 1.10. The van der Waals surface area contributed by atoms with Crippen molar-refractivity contribution in [2.24, 2.45) is 0 Å². The molecule has 0 spiro atoms. The van der Waals surface area contributed by atoms with E-state index in [1.54, 1.807) is 0 Å². The molecule has 1 aromatic rings. The summed E-state index contributed by atoms with van der Waals surface area (Å²) in [6, 6.07) is 3.54. The van der Waals surface area contributed by atoms with Gasteiger partial charge in [-0.15, -0.1) is 0 Å². The van der Waals surface area contributed by atoms with Gasteiger partial charge in [0.2, 0.25) is 0 Å². The molecular weight excluding hydrogens is 160 g/mol. The first-order valence-corrected chi connectivity index (χ1v) is 3.82. The molecule has 1 aromatic carbocycles. The lowest BCUT2D eigenvalue weighted by Crippen LogP contribution is -2.09. The van der Waals surface area contributed by atoms with Gasteiger partial charge < -0.3 is 5.32 Å². The fourth-order valence-corrected chi connectivity index (χ4v) is 1.24. The average molecular weight is 169 g/mol. The van der Waals surface area contributed by atoms with Gasteiger partial charge in [-0.25, -0.2) is 8.78 Å². The van der Waals surface area contributed by atoms with Crippen LogP contribution in [0, 0.1) is 11.6 Å². The Morgan fingerprint density at radius 2 is 2.08 bits per heavy atom. The monoisotopic (exact) mass is 169 g/mol. The average Bonchev–Trinajstić information content (AvgIpc) is 2.75. The van der Waals surface area contributed by atoms with Crippen LogP contribution in [0.4, 0.5) is 8.78 Å². The second-order valence-corrected chi connectivity index (χ2v) is 3.31.